The van der Waals surface area contributed by atoms with E-state index in [-0.39, 0.29) is 6.04 Å². The van der Waals surface area contributed by atoms with Crippen LogP contribution in [-0.2, 0) is 4.74 Å². The molecule has 0 aliphatic carbocycles. The summed E-state index contributed by atoms with van der Waals surface area (Å²) in [5.41, 5.74) is 1.61. The molecule has 2 heterocycles. The lowest BCUT2D eigenvalue weighted by Gasteiger charge is -2.29. The van der Waals surface area contributed by atoms with Crippen molar-refractivity contribution in [1.29, 1.82) is 5.26 Å². The minimum absolute atomic E-state index is 0.241. The summed E-state index contributed by atoms with van der Waals surface area (Å²) < 4.78 is 5.36. The largest absolute Gasteiger partial charge is 0.379 e. The highest BCUT2D eigenvalue weighted by atomic mass is 16.5. The topological polar surface area (TPSA) is 61.2 Å². The van der Waals surface area contributed by atoms with E-state index < -0.39 is 0 Å². The zero-order valence-electron chi connectivity index (χ0n) is 13.1. The van der Waals surface area contributed by atoms with Crippen molar-refractivity contribution < 1.29 is 4.74 Å². The second-order valence-electron chi connectivity index (χ2n) is 5.86. The number of nitrogens with zero attached hydrogens (tertiary/aromatic N) is 3. The highest BCUT2D eigenvalue weighted by molar-refractivity contribution is 5.53. The molecule has 0 bridgehead atoms. The maximum absolute atomic E-state index is 9.23. The van der Waals surface area contributed by atoms with E-state index in [0.717, 1.165) is 38.5 Å². The first-order valence-electron chi connectivity index (χ1n) is 7.58. The molecular weight excluding hydrogens is 264 g/mol. The van der Waals surface area contributed by atoms with Crippen LogP contribution in [0.3, 0.4) is 0 Å². The standard InChI is InChI=1S/C16H24N4O/c1-12(2)15-5-4-14(10-17)16(19-15)18-13(3)11-20-6-8-21-9-7-20/h4-5,12-13H,6-9,11H2,1-3H3,(H,18,19). The Kier molecular flexibility index (Phi) is 5.54. The molecule has 1 N–H and O–H groups in total. The molecule has 1 aliphatic rings. The van der Waals surface area contributed by atoms with Gasteiger partial charge in [-0.05, 0) is 25.0 Å². The molecule has 0 radical (unpaired) electrons. The summed E-state index contributed by atoms with van der Waals surface area (Å²) in [5, 5.41) is 12.6. The van der Waals surface area contributed by atoms with Crippen LogP contribution in [0.5, 0.6) is 0 Å². The zero-order chi connectivity index (χ0) is 15.2. The molecule has 1 aliphatic heterocycles. The Hall–Kier alpha value is -1.64. The normalized spacial score (nSPS) is 17.5. The van der Waals surface area contributed by atoms with E-state index in [0.29, 0.717) is 17.3 Å². The molecular formula is C16H24N4O. The van der Waals surface area contributed by atoms with Gasteiger partial charge in [-0.15, -0.1) is 0 Å². The summed E-state index contributed by atoms with van der Waals surface area (Å²) in [7, 11) is 0. The van der Waals surface area contributed by atoms with Gasteiger partial charge in [0.25, 0.3) is 0 Å². The molecule has 1 saturated heterocycles. The number of pyridine rings is 1. The van der Waals surface area contributed by atoms with Gasteiger partial charge in [0.15, 0.2) is 0 Å². The molecule has 1 unspecified atom stereocenters. The van der Waals surface area contributed by atoms with Crippen LogP contribution in [0, 0.1) is 11.3 Å². The predicted molar refractivity (Wildman–Crippen MR) is 83.4 cm³/mol. The van der Waals surface area contributed by atoms with Crippen molar-refractivity contribution in [3.05, 3.63) is 23.4 Å². The second-order valence-corrected chi connectivity index (χ2v) is 5.86. The van der Waals surface area contributed by atoms with E-state index in [1.807, 2.05) is 12.1 Å². The molecule has 1 fully saturated rings. The van der Waals surface area contributed by atoms with Crippen LogP contribution < -0.4 is 5.32 Å². The Morgan fingerprint density at radius 1 is 1.33 bits per heavy atom. The highest BCUT2D eigenvalue weighted by Gasteiger charge is 2.15. The van der Waals surface area contributed by atoms with Crippen molar-refractivity contribution in [2.24, 2.45) is 0 Å². The number of nitrogens with one attached hydrogen (secondary N) is 1. The molecule has 0 aromatic carbocycles. The maximum atomic E-state index is 9.23. The van der Waals surface area contributed by atoms with Crippen LogP contribution in [0.1, 0.15) is 37.9 Å². The molecule has 2 rings (SSSR count). The Morgan fingerprint density at radius 2 is 2.05 bits per heavy atom. The second kappa shape index (κ2) is 7.39. The van der Waals surface area contributed by atoms with Crippen molar-refractivity contribution in [3.63, 3.8) is 0 Å². The van der Waals surface area contributed by atoms with Crippen molar-refractivity contribution in [2.75, 3.05) is 38.2 Å². The molecule has 5 heteroatoms. The van der Waals surface area contributed by atoms with Gasteiger partial charge in [-0.3, -0.25) is 4.90 Å². The van der Waals surface area contributed by atoms with Gasteiger partial charge in [-0.25, -0.2) is 4.98 Å². The van der Waals surface area contributed by atoms with Gasteiger partial charge in [0.05, 0.1) is 18.8 Å². The van der Waals surface area contributed by atoms with E-state index in [1.54, 1.807) is 0 Å². The van der Waals surface area contributed by atoms with E-state index in [4.69, 9.17) is 4.74 Å². The molecule has 1 aromatic rings. The Labute approximate surface area is 126 Å². The van der Waals surface area contributed by atoms with E-state index in [9.17, 15) is 5.26 Å². The van der Waals surface area contributed by atoms with E-state index >= 15 is 0 Å². The SMILES string of the molecule is CC(CN1CCOCC1)Nc1nc(C(C)C)ccc1C#N. The smallest absolute Gasteiger partial charge is 0.144 e. The first kappa shape index (κ1) is 15.7. The quantitative estimate of drug-likeness (QED) is 0.900. The van der Waals surface area contributed by atoms with Gasteiger partial charge in [0.2, 0.25) is 0 Å². The number of ether oxygens (including phenoxy) is 1. The highest BCUT2D eigenvalue weighted by Crippen LogP contribution is 2.19. The average molecular weight is 288 g/mol. The number of hydrogen-bond acceptors (Lipinski definition) is 5. The number of nitriles is 1. The first-order chi connectivity index (χ1) is 10.1. The van der Waals surface area contributed by atoms with E-state index in [1.165, 1.54) is 0 Å². The van der Waals surface area contributed by atoms with Gasteiger partial charge in [-0.1, -0.05) is 13.8 Å². The molecule has 114 valence electrons. The molecule has 0 saturated carbocycles. The van der Waals surface area contributed by atoms with Crippen LogP contribution in [0.2, 0.25) is 0 Å². The number of aromatic nitrogens is 1. The summed E-state index contributed by atoms with van der Waals surface area (Å²) in [6.45, 7) is 10.8. The third-order valence-electron chi connectivity index (χ3n) is 3.65. The monoisotopic (exact) mass is 288 g/mol. The average Bonchev–Trinajstić information content (AvgIpc) is 2.48. The van der Waals surface area contributed by atoms with Crippen LogP contribution in [0.4, 0.5) is 5.82 Å². The number of rotatable bonds is 5. The maximum Gasteiger partial charge on any atom is 0.144 e. The summed E-state index contributed by atoms with van der Waals surface area (Å²) in [5.74, 6) is 1.05. The predicted octanol–water partition coefficient (Wildman–Crippen LogP) is 2.21. The van der Waals surface area contributed by atoms with Crippen molar-refractivity contribution in [3.8, 4) is 6.07 Å². The Bertz CT molecular complexity index is 503. The third kappa shape index (κ3) is 4.42. The molecule has 1 aromatic heterocycles. The fourth-order valence-electron chi connectivity index (χ4n) is 2.45. The third-order valence-corrected chi connectivity index (χ3v) is 3.65. The van der Waals surface area contributed by atoms with Crippen molar-refractivity contribution in [1.82, 2.24) is 9.88 Å². The van der Waals surface area contributed by atoms with Crippen molar-refractivity contribution in [2.45, 2.75) is 32.7 Å². The van der Waals surface area contributed by atoms with Gasteiger partial charge in [0, 0.05) is 31.4 Å². The molecule has 0 amide bonds. The molecule has 5 nitrogen and oxygen atoms in total. The van der Waals surface area contributed by atoms with Crippen molar-refractivity contribution >= 4 is 5.82 Å². The molecule has 0 spiro atoms. The molecule has 1 atom stereocenters. The van der Waals surface area contributed by atoms with Crippen LogP contribution in [0.15, 0.2) is 12.1 Å². The number of anilines is 1. The lowest BCUT2D eigenvalue weighted by molar-refractivity contribution is 0.0368. The Balaban J connectivity index is 2.03. The van der Waals surface area contributed by atoms with Gasteiger partial charge in [0.1, 0.15) is 11.9 Å². The van der Waals surface area contributed by atoms with Gasteiger partial charge in [-0.2, -0.15) is 5.26 Å². The van der Waals surface area contributed by atoms with E-state index in [2.05, 4.69) is 42.0 Å². The summed E-state index contributed by atoms with van der Waals surface area (Å²) in [6, 6.07) is 6.24. The minimum Gasteiger partial charge on any atom is -0.379 e. The fourth-order valence-corrected chi connectivity index (χ4v) is 2.45. The summed E-state index contributed by atoms with van der Waals surface area (Å²) in [4.78, 5) is 6.97. The summed E-state index contributed by atoms with van der Waals surface area (Å²) in [6.07, 6.45) is 0. The Morgan fingerprint density at radius 3 is 2.67 bits per heavy atom. The van der Waals surface area contributed by atoms with Crippen LogP contribution in [-0.4, -0.2) is 48.8 Å². The van der Waals surface area contributed by atoms with Crippen LogP contribution >= 0.6 is 0 Å². The number of morpholine rings is 1. The lowest BCUT2D eigenvalue weighted by atomic mass is 10.1. The zero-order valence-corrected chi connectivity index (χ0v) is 13.1. The fraction of sp³-hybridized carbons (Fsp3) is 0.625. The minimum atomic E-state index is 0.241. The first-order valence-corrected chi connectivity index (χ1v) is 7.58. The molecule has 21 heavy (non-hydrogen) atoms. The van der Waals surface area contributed by atoms with Gasteiger partial charge >= 0.3 is 0 Å². The lowest BCUT2D eigenvalue weighted by Crippen LogP contribution is -2.42. The number of hydrogen-bond donors (Lipinski definition) is 1. The van der Waals surface area contributed by atoms with Crippen LogP contribution in [0.25, 0.3) is 0 Å². The van der Waals surface area contributed by atoms with Gasteiger partial charge < -0.3 is 10.1 Å². The summed E-state index contributed by atoms with van der Waals surface area (Å²) >= 11 is 0.